The summed E-state index contributed by atoms with van der Waals surface area (Å²) in [5.41, 5.74) is 0. The van der Waals surface area contributed by atoms with Gasteiger partial charge in [-0.25, -0.2) is 0 Å². The van der Waals surface area contributed by atoms with Gasteiger partial charge in [0.2, 0.25) is 0 Å². The van der Waals surface area contributed by atoms with Crippen molar-refractivity contribution in [3.05, 3.63) is 21.9 Å². The minimum absolute atomic E-state index is 0.188. The lowest BCUT2D eigenvalue weighted by molar-refractivity contribution is 0.0930. The van der Waals surface area contributed by atoms with E-state index >= 15 is 0 Å². The van der Waals surface area contributed by atoms with Gasteiger partial charge in [0.15, 0.2) is 5.78 Å². The largest absolute Gasteiger partial charge is 0.292 e. The highest BCUT2D eigenvalue weighted by Gasteiger charge is 2.30. The van der Waals surface area contributed by atoms with Crippen LogP contribution in [0.1, 0.15) is 33.8 Å². The molecule has 0 atom stereocenters. The Morgan fingerprint density at radius 3 is 2.88 bits per heavy atom. The quantitative estimate of drug-likeness (QED) is 0.727. The average Bonchev–Trinajstić information content (AvgIpc) is 3.06. The lowest BCUT2D eigenvalue weighted by Gasteiger charge is -2.19. The Morgan fingerprint density at radius 2 is 2.35 bits per heavy atom. The lowest BCUT2D eigenvalue weighted by Crippen LogP contribution is -2.32. The SMILES string of the molecule is Cc1ccc(C(=O)CN(CCC#N)C2CC2)s1. The zero-order valence-corrected chi connectivity index (χ0v) is 10.8. The maximum Gasteiger partial charge on any atom is 0.186 e. The van der Waals surface area contributed by atoms with Gasteiger partial charge in [0.25, 0.3) is 0 Å². The molecule has 3 nitrogen and oxygen atoms in total. The van der Waals surface area contributed by atoms with Crippen LogP contribution >= 0.6 is 11.3 Å². The van der Waals surface area contributed by atoms with E-state index in [1.54, 1.807) is 11.3 Å². The molecule has 0 N–H and O–H groups in total. The number of nitriles is 1. The smallest absolute Gasteiger partial charge is 0.186 e. The van der Waals surface area contributed by atoms with Crippen LogP contribution in [0.15, 0.2) is 12.1 Å². The number of carbonyl (C=O) groups excluding carboxylic acids is 1. The van der Waals surface area contributed by atoms with Crippen molar-refractivity contribution >= 4 is 17.1 Å². The van der Waals surface area contributed by atoms with Crippen molar-refractivity contribution in [3.63, 3.8) is 0 Å². The first kappa shape index (κ1) is 12.3. The number of carbonyl (C=O) groups is 1. The molecule has 17 heavy (non-hydrogen) atoms. The maximum absolute atomic E-state index is 12.0. The van der Waals surface area contributed by atoms with E-state index in [0.29, 0.717) is 19.0 Å². The van der Waals surface area contributed by atoms with Crippen LogP contribution in [0.4, 0.5) is 0 Å². The van der Waals surface area contributed by atoms with Crippen molar-refractivity contribution in [2.75, 3.05) is 13.1 Å². The minimum Gasteiger partial charge on any atom is -0.292 e. The van der Waals surface area contributed by atoms with Crippen LogP contribution in [0.5, 0.6) is 0 Å². The number of aryl methyl sites for hydroxylation is 1. The van der Waals surface area contributed by atoms with Crippen molar-refractivity contribution in [1.29, 1.82) is 5.26 Å². The van der Waals surface area contributed by atoms with Gasteiger partial charge in [-0.1, -0.05) is 0 Å². The molecule has 0 aliphatic heterocycles. The molecule has 1 fully saturated rings. The molecule has 0 saturated heterocycles. The molecular formula is C13H16N2OS. The Morgan fingerprint density at radius 1 is 1.59 bits per heavy atom. The topological polar surface area (TPSA) is 44.1 Å². The van der Waals surface area contributed by atoms with Crippen molar-refractivity contribution < 1.29 is 4.79 Å². The summed E-state index contributed by atoms with van der Waals surface area (Å²) >= 11 is 1.55. The van der Waals surface area contributed by atoms with Gasteiger partial charge in [-0.15, -0.1) is 11.3 Å². The molecule has 1 aliphatic carbocycles. The molecular weight excluding hydrogens is 232 g/mol. The number of thiophene rings is 1. The number of nitrogens with zero attached hydrogens (tertiary/aromatic N) is 2. The van der Waals surface area contributed by atoms with E-state index < -0.39 is 0 Å². The number of hydrogen-bond donors (Lipinski definition) is 0. The fraction of sp³-hybridized carbons (Fsp3) is 0.538. The fourth-order valence-corrected chi connectivity index (χ4v) is 2.67. The molecule has 2 rings (SSSR count). The van der Waals surface area contributed by atoms with E-state index in [9.17, 15) is 4.79 Å². The maximum atomic E-state index is 12.0. The van der Waals surface area contributed by atoms with Crippen molar-refractivity contribution in [2.24, 2.45) is 0 Å². The molecule has 0 amide bonds. The van der Waals surface area contributed by atoms with Crippen LogP contribution in [-0.4, -0.2) is 29.8 Å². The normalized spacial score (nSPS) is 14.9. The predicted molar refractivity (Wildman–Crippen MR) is 68.2 cm³/mol. The van der Waals surface area contributed by atoms with E-state index in [1.807, 2.05) is 19.1 Å². The first-order valence-electron chi connectivity index (χ1n) is 5.91. The summed E-state index contributed by atoms with van der Waals surface area (Å²) in [7, 11) is 0. The highest BCUT2D eigenvalue weighted by molar-refractivity contribution is 7.14. The third-order valence-electron chi connectivity index (χ3n) is 2.94. The molecule has 0 aromatic carbocycles. The molecule has 0 spiro atoms. The molecule has 1 aromatic heterocycles. The van der Waals surface area contributed by atoms with Crippen LogP contribution in [0.25, 0.3) is 0 Å². The molecule has 0 unspecified atom stereocenters. The van der Waals surface area contributed by atoms with Crippen LogP contribution in [0, 0.1) is 18.3 Å². The Kier molecular flexibility index (Phi) is 3.93. The first-order valence-corrected chi connectivity index (χ1v) is 6.73. The van der Waals surface area contributed by atoms with Crippen LogP contribution in [0.3, 0.4) is 0 Å². The fourth-order valence-electron chi connectivity index (χ4n) is 1.87. The van der Waals surface area contributed by atoms with Crippen LogP contribution < -0.4 is 0 Å². The van der Waals surface area contributed by atoms with Gasteiger partial charge >= 0.3 is 0 Å². The van der Waals surface area contributed by atoms with Crippen molar-refractivity contribution in [2.45, 2.75) is 32.2 Å². The summed E-state index contributed by atoms with van der Waals surface area (Å²) in [5.74, 6) is 0.188. The molecule has 90 valence electrons. The van der Waals surface area contributed by atoms with E-state index in [0.717, 1.165) is 11.4 Å². The first-order chi connectivity index (χ1) is 8.20. The van der Waals surface area contributed by atoms with E-state index in [1.165, 1.54) is 17.7 Å². The zero-order chi connectivity index (χ0) is 12.3. The van der Waals surface area contributed by atoms with E-state index in [-0.39, 0.29) is 5.78 Å². The Balaban J connectivity index is 1.93. The Hall–Kier alpha value is -1.18. The second kappa shape index (κ2) is 5.44. The molecule has 1 heterocycles. The molecule has 0 radical (unpaired) electrons. The highest BCUT2D eigenvalue weighted by atomic mass is 32.1. The highest BCUT2D eigenvalue weighted by Crippen LogP contribution is 2.27. The summed E-state index contributed by atoms with van der Waals surface area (Å²) in [4.78, 5) is 16.2. The summed E-state index contributed by atoms with van der Waals surface area (Å²) in [6, 6.07) is 6.56. The number of rotatable bonds is 6. The van der Waals surface area contributed by atoms with Gasteiger partial charge in [0.05, 0.1) is 17.5 Å². The second-order valence-corrected chi connectivity index (χ2v) is 5.73. The zero-order valence-electron chi connectivity index (χ0n) is 9.98. The van der Waals surface area contributed by atoms with Gasteiger partial charge in [0.1, 0.15) is 0 Å². The number of Topliss-reactive ketones (excluding diaryl/α,β-unsaturated/α-hetero) is 1. The summed E-state index contributed by atoms with van der Waals surface area (Å²) in [5, 5.41) is 8.61. The molecule has 0 bridgehead atoms. The molecule has 1 saturated carbocycles. The third-order valence-corrected chi connectivity index (χ3v) is 3.98. The van der Waals surface area contributed by atoms with Gasteiger partial charge in [-0.2, -0.15) is 5.26 Å². The van der Waals surface area contributed by atoms with E-state index in [2.05, 4.69) is 11.0 Å². The lowest BCUT2D eigenvalue weighted by atomic mass is 10.2. The average molecular weight is 248 g/mol. The monoisotopic (exact) mass is 248 g/mol. The van der Waals surface area contributed by atoms with E-state index in [4.69, 9.17) is 5.26 Å². The Bertz CT molecular complexity index is 443. The molecule has 1 aliphatic rings. The number of ketones is 1. The van der Waals surface area contributed by atoms with Gasteiger partial charge < -0.3 is 0 Å². The summed E-state index contributed by atoms with van der Waals surface area (Å²) < 4.78 is 0. The minimum atomic E-state index is 0.188. The molecule has 4 heteroatoms. The molecule has 1 aromatic rings. The van der Waals surface area contributed by atoms with Crippen molar-refractivity contribution in [3.8, 4) is 6.07 Å². The van der Waals surface area contributed by atoms with Gasteiger partial charge in [0, 0.05) is 23.9 Å². The van der Waals surface area contributed by atoms with Crippen LogP contribution in [0.2, 0.25) is 0 Å². The summed E-state index contributed by atoms with van der Waals surface area (Å²) in [6.07, 6.45) is 2.84. The number of hydrogen-bond acceptors (Lipinski definition) is 4. The predicted octanol–water partition coefficient (Wildman–Crippen LogP) is 2.62. The standard InChI is InChI=1S/C13H16N2OS/c1-10-3-6-13(17-10)12(16)9-15(8-2-7-14)11-4-5-11/h3,6,11H,2,4-5,8-9H2,1H3. The summed E-state index contributed by atoms with van der Waals surface area (Å²) in [6.45, 7) is 3.19. The van der Waals surface area contributed by atoms with Crippen molar-refractivity contribution in [1.82, 2.24) is 4.90 Å². The second-order valence-electron chi connectivity index (χ2n) is 4.44. The Labute approximate surface area is 106 Å². The van der Waals surface area contributed by atoms with Gasteiger partial charge in [-0.3, -0.25) is 9.69 Å². The van der Waals surface area contributed by atoms with Crippen LogP contribution in [-0.2, 0) is 0 Å². The third kappa shape index (κ3) is 3.39. The van der Waals surface area contributed by atoms with Gasteiger partial charge in [-0.05, 0) is 31.9 Å².